The molecule has 1 heterocycles. The summed E-state index contributed by atoms with van der Waals surface area (Å²) in [4.78, 5) is 12.2. The standard InChI is InChI=1S/C25H33FN2O3/c1-25-11-10-18-17-5-3-6-21(26)19(17)8-9-20(18)24(25)15(12-22(25)28-30)4-2-7-23(29)27-16-13-31-14-16/h3,5-6,15-16,18,20,24,30H,2,4,7-14H2,1H3,(H,27,29)/b28-22+/t15-,18?,20?,24?,25-/m1/s1. The molecule has 0 aromatic heterocycles. The molecule has 4 aliphatic rings. The summed E-state index contributed by atoms with van der Waals surface area (Å²) in [5.41, 5.74) is 2.96. The number of carbonyl (C=O) groups is 1. The van der Waals surface area contributed by atoms with Crippen molar-refractivity contribution in [2.24, 2.45) is 28.3 Å². The summed E-state index contributed by atoms with van der Waals surface area (Å²) >= 11 is 0. The number of oxime groups is 1. The zero-order valence-electron chi connectivity index (χ0n) is 18.3. The second-order valence-corrected chi connectivity index (χ2v) is 10.3. The van der Waals surface area contributed by atoms with Gasteiger partial charge in [-0.2, -0.15) is 0 Å². The maximum atomic E-state index is 14.4. The van der Waals surface area contributed by atoms with Crippen LogP contribution in [0.25, 0.3) is 0 Å². The molecule has 1 saturated heterocycles. The van der Waals surface area contributed by atoms with Crippen LogP contribution in [0.15, 0.2) is 23.4 Å². The van der Waals surface area contributed by atoms with Crippen molar-refractivity contribution in [2.45, 2.75) is 70.3 Å². The largest absolute Gasteiger partial charge is 0.411 e. The van der Waals surface area contributed by atoms with Gasteiger partial charge in [-0.15, -0.1) is 0 Å². The Kier molecular flexibility index (Phi) is 5.53. The van der Waals surface area contributed by atoms with E-state index in [1.165, 1.54) is 5.56 Å². The van der Waals surface area contributed by atoms with Gasteiger partial charge in [-0.3, -0.25) is 4.79 Å². The number of amides is 1. The fourth-order valence-corrected chi connectivity index (χ4v) is 7.22. The molecule has 0 spiro atoms. The number of nitrogens with zero attached hydrogens (tertiary/aromatic N) is 1. The van der Waals surface area contributed by atoms with Crippen LogP contribution in [0.1, 0.15) is 68.9 Å². The maximum Gasteiger partial charge on any atom is 0.220 e. The van der Waals surface area contributed by atoms with Crippen molar-refractivity contribution in [3.05, 3.63) is 35.1 Å². The van der Waals surface area contributed by atoms with Crippen molar-refractivity contribution in [1.82, 2.24) is 5.32 Å². The highest BCUT2D eigenvalue weighted by Gasteiger charge is 2.57. The summed E-state index contributed by atoms with van der Waals surface area (Å²) in [6, 6.07) is 5.74. The van der Waals surface area contributed by atoms with Crippen LogP contribution in [0.4, 0.5) is 4.39 Å². The van der Waals surface area contributed by atoms with Crippen LogP contribution in [0.5, 0.6) is 0 Å². The van der Waals surface area contributed by atoms with Crippen molar-refractivity contribution in [3.8, 4) is 0 Å². The second kappa shape index (κ2) is 8.19. The van der Waals surface area contributed by atoms with Gasteiger partial charge >= 0.3 is 0 Å². The van der Waals surface area contributed by atoms with E-state index < -0.39 is 0 Å². The lowest BCUT2D eigenvalue weighted by Gasteiger charge is -2.50. The molecule has 6 heteroatoms. The van der Waals surface area contributed by atoms with Crippen LogP contribution in [0.2, 0.25) is 0 Å². The molecule has 5 rings (SSSR count). The van der Waals surface area contributed by atoms with Gasteiger partial charge in [0.25, 0.3) is 0 Å². The predicted octanol–water partition coefficient (Wildman–Crippen LogP) is 4.42. The van der Waals surface area contributed by atoms with Crippen molar-refractivity contribution >= 4 is 11.6 Å². The van der Waals surface area contributed by atoms with E-state index in [4.69, 9.17) is 4.74 Å². The monoisotopic (exact) mass is 428 g/mol. The Morgan fingerprint density at radius 2 is 2.19 bits per heavy atom. The molecule has 0 radical (unpaired) electrons. The molecule has 2 N–H and O–H groups in total. The average Bonchev–Trinajstić information content (AvgIpc) is 3.02. The highest BCUT2D eigenvalue weighted by atomic mass is 19.1. The van der Waals surface area contributed by atoms with Gasteiger partial charge in [-0.1, -0.05) is 24.2 Å². The van der Waals surface area contributed by atoms with E-state index in [9.17, 15) is 14.4 Å². The maximum absolute atomic E-state index is 14.4. The number of rotatable bonds is 5. The SMILES string of the molecule is C[C@]12CCC3c4cccc(F)c4CCC3C1[C@H](CCCC(=O)NC1COC1)C/C2=N\O. The Bertz CT molecular complexity index is 884. The lowest BCUT2D eigenvalue weighted by Crippen LogP contribution is -2.48. The van der Waals surface area contributed by atoms with E-state index in [2.05, 4.69) is 23.5 Å². The highest BCUT2D eigenvalue weighted by molar-refractivity contribution is 5.92. The van der Waals surface area contributed by atoms with Gasteiger partial charge in [0.15, 0.2) is 0 Å². The Hall–Kier alpha value is -1.95. The van der Waals surface area contributed by atoms with E-state index in [1.807, 2.05) is 6.07 Å². The van der Waals surface area contributed by atoms with Crippen LogP contribution < -0.4 is 5.32 Å². The van der Waals surface area contributed by atoms with Crippen LogP contribution in [-0.2, 0) is 16.0 Å². The van der Waals surface area contributed by atoms with E-state index >= 15 is 0 Å². The van der Waals surface area contributed by atoms with Gasteiger partial charge in [0.2, 0.25) is 5.91 Å². The van der Waals surface area contributed by atoms with Crippen molar-refractivity contribution < 1.29 is 19.1 Å². The number of halogens is 1. The van der Waals surface area contributed by atoms with Gasteiger partial charge in [0.1, 0.15) is 5.82 Å². The molecule has 5 nitrogen and oxygen atoms in total. The molecule has 1 aromatic carbocycles. The van der Waals surface area contributed by atoms with E-state index in [1.54, 1.807) is 6.07 Å². The Morgan fingerprint density at radius 3 is 2.94 bits per heavy atom. The molecule has 168 valence electrons. The Labute approximate surface area is 183 Å². The first kappa shape index (κ1) is 20.9. The molecule has 1 amide bonds. The van der Waals surface area contributed by atoms with Crippen molar-refractivity contribution in [2.75, 3.05) is 13.2 Å². The number of benzene rings is 1. The Balaban J connectivity index is 1.32. The van der Waals surface area contributed by atoms with Crippen LogP contribution in [0.3, 0.4) is 0 Å². The lowest BCUT2D eigenvalue weighted by molar-refractivity contribution is -0.125. The lowest BCUT2D eigenvalue weighted by atomic mass is 9.54. The fraction of sp³-hybridized carbons (Fsp3) is 0.680. The summed E-state index contributed by atoms with van der Waals surface area (Å²) < 4.78 is 19.6. The third-order valence-corrected chi connectivity index (χ3v) is 8.70. The van der Waals surface area contributed by atoms with Crippen LogP contribution in [0, 0.1) is 29.0 Å². The molecular weight excluding hydrogens is 395 g/mol. The second-order valence-electron chi connectivity index (χ2n) is 10.3. The van der Waals surface area contributed by atoms with E-state index in [-0.39, 0.29) is 23.2 Å². The van der Waals surface area contributed by atoms with Gasteiger partial charge in [-0.25, -0.2) is 4.39 Å². The number of hydrogen-bond donors (Lipinski definition) is 2. The molecule has 0 bridgehead atoms. The number of carbonyl (C=O) groups excluding carboxylic acids is 1. The van der Waals surface area contributed by atoms with Crippen LogP contribution in [-0.4, -0.2) is 36.1 Å². The molecule has 3 fully saturated rings. The average molecular weight is 429 g/mol. The summed E-state index contributed by atoms with van der Waals surface area (Å²) in [6.45, 7) is 3.51. The number of ether oxygens (including phenoxy) is 1. The van der Waals surface area contributed by atoms with Gasteiger partial charge in [0, 0.05) is 11.8 Å². The number of fused-ring (bicyclic) bond motifs is 5. The van der Waals surface area contributed by atoms with E-state index in [0.717, 1.165) is 56.2 Å². The molecule has 1 aromatic rings. The zero-order valence-corrected chi connectivity index (χ0v) is 18.3. The summed E-state index contributed by atoms with van der Waals surface area (Å²) in [5, 5.41) is 16.6. The summed E-state index contributed by atoms with van der Waals surface area (Å²) in [5.74, 6) is 1.76. The highest BCUT2D eigenvalue weighted by Crippen LogP contribution is 2.62. The first-order valence-electron chi connectivity index (χ1n) is 11.9. The van der Waals surface area contributed by atoms with Crippen molar-refractivity contribution in [1.29, 1.82) is 0 Å². The number of nitrogens with one attached hydrogen (secondary N) is 1. The minimum atomic E-state index is -0.0864. The summed E-state index contributed by atoms with van der Waals surface area (Å²) in [7, 11) is 0. The first-order chi connectivity index (χ1) is 15.0. The third-order valence-electron chi connectivity index (χ3n) is 8.70. The normalized spacial score (nSPS) is 35.7. The molecule has 2 saturated carbocycles. The van der Waals surface area contributed by atoms with Crippen molar-refractivity contribution in [3.63, 3.8) is 0 Å². The minimum absolute atomic E-state index is 0.0623. The molecule has 31 heavy (non-hydrogen) atoms. The summed E-state index contributed by atoms with van der Waals surface area (Å²) in [6.07, 6.45) is 6.94. The zero-order chi connectivity index (χ0) is 21.6. The molecular formula is C25H33FN2O3. The first-order valence-corrected chi connectivity index (χ1v) is 11.9. The molecule has 5 atom stereocenters. The fourth-order valence-electron chi connectivity index (χ4n) is 7.22. The number of hydrogen-bond acceptors (Lipinski definition) is 4. The molecule has 3 aliphatic carbocycles. The molecule has 1 aliphatic heterocycles. The topological polar surface area (TPSA) is 70.9 Å². The van der Waals surface area contributed by atoms with Gasteiger partial charge in [0.05, 0.1) is 25.0 Å². The van der Waals surface area contributed by atoms with Crippen LogP contribution >= 0.6 is 0 Å². The smallest absolute Gasteiger partial charge is 0.220 e. The third kappa shape index (κ3) is 3.57. The predicted molar refractivity (Wildman–Crippen MR) is 116 cm³/mol. The minimum Gasteiger partial charge on any atom is -0.411 e. The molecule has 3 unspecified atom stereocenters. The quantitative estimate of drug-likeness (QED) is 0.539. The Morgan fingerprint density at radius 1 is 1.35 bits per heavy atom. The van der Waals surface area contributed by atoms with E-state index in [0.29, 0.717) is 43.3 Å². The van der Waals surface area contributed by atoms with Gasteiger partial charge in [-0.05, 0) is 85.8 Å². The van der Waals surface area contributed by atoms with Gasteiger partial charge < -0.3 is 15.3 Å².